The Bertz CT molecular complexity index is 701. The molecule has 0 bridgehead atoms. The van der Waals surface area contributed by atoms with E-state index in [0.29, 0.717) is 11.3 Å². The van der Waals surface area contributed by atoms with Crippen LogP contribution in [-0.4, -0.2) is 6.03 Å². The Morgan fingerprint density at radius 3 is 2.67 bits per heavy atom. The zero-order valence-corrected chi connectivity index (χ0v) is 12.1. The Hall–Kier alpha value is -2.80. The molecule has 2 N–H and O–H groups in total. The number of nitrogens with one attached hydrogen (secondary N) is 2. The zero-order valence-electron chi connectivity index (χ0n) is 12.1. The molecule has 4 heteroatoms. The maximum atomic E-state index is 12.1. The van der Waals surface area contributed by atoms with Crippen LogP contribution in [-0.2, 0) is 6.42 Å². The third-order valence-electron chi connectivity index (χ3n) is 3.23. The first-order valence-electron chi connectivity index (χ1n) is 6.80. The van der Waals surface area contributed by atoms with Crippen LogP contribution < -0.4 is 10.6 Å². The Morgan fingerprint density at radius 2 is 1.95 bits per heavy atom. The first kappa shape index (κ1) is 14.6. The van der Waals surface area contributed by atoms with Gasteiger partial charge in [0.1, 0.15) is 0 Å². The van der Waals surface area contributed by atoms with Gasteiger partial charge >= 0.3 is 6.03 Å². The second kappa shape index (κ2) is 6.58. The van der Waals surface area contributed by atoms with E-state index in [9.17, 15) is 4.79 Å². The van der Waals surface area contributed by atoms with E-state index in [2.05, 4.69) is 10.6 Å². The van der Waals surface area contributed by atoms with Gasteiger partial charge in [-0.2, -0.15) is 5.26 Å². The number of nitrogens with zero attached hydrogens (tertiary/aromatic N) is 1. The van der Waals surface area contributed by atoms with E-state index in [1.54, 1.807) is 24.3 Å². The van der Waals surface area contributed by atoms with E-state index in [0.717, 1.165) is 23.2 Å². The first-order valence-corrected chi connectivity index (χ1v) is 6.80. The van der Waals surface area contributed by atoms with Gasteiger partial charge in [-0.3, -0.25) is 0 Å². The topological polar surface area (TPSA) is 64.9 Å². The summed E-state index contributed by atoms with van der Waals surface area (Å²) in [6, 6.07) is 14.5. The Labute approximate surface area is 124 Å². The van der Waals surface area contributed by atoms with Crippen molar-refractivity contribution in [3.8, 4) is 6.07 Å². The molecule has 0 saturated heterocycles. The molecule has 0 spiro atoms. The summed E-state index contributed by atoms with van der Waals surface area (Å²) in [6.45, 7) is 4.01. The van der Waals surface area contributed by atoms with Crippen LogP contribution in [0.3, 0.4) is 0 Å². The van der Waals surface area contributed by atoms with Crippen molar-refractivity contribution in [2.75, 3.05) is 10.6 Å². The lowest BCUT2D eigenvalue weighted by molar-refractivity contribution is 0.262. The smallest absolute Gasteiger partial charge is 0.308 e. The van der Waals surface area contributed by atoms with Crippen molar-refractivity contribution >= 4 is 17.4 Å². The van der Waals surface area contributed by atoms with Gasteiger partial charge in [0.25, 0.3) is 0 Å². The van der Waals surface area contributed by atoms with E-state index in [-0.39, 0.29) is 6.03 Å². The van der Waals surface area contributed by atoms with Crippen LogP contribution in [0.2, 0.25) is 0 Å². The number of urea groups is 1. The minimum absolute atomic E-state index is 0.311. The standard InChI is InChI=1S/C17H17N3O/c1-3-14-8-4-6-12(2)16(14)20-17(21)19-15-9-5-7-13(10-15)11-18/h4-10H,3H2,1-2H3,(H2,19,20,21). The number of amides is 2. The predicted octanol–water partition coefficient (Wildman–Crippen LogP) is 4.07. The predicted molar refractivity (Wildman–Crippen MR) is 84.4 cm³/mol. The zero-order chi connectivity index (χ0) is 15.2. The van der Waals surface area contributed by atoms with Gasteiger partial charge in [-0.25, -0.2) is 4.79 Å². The first-order chi connectivity index (χ1) is 10.1. The number of hydrogen-bond acceptors (Lipinski definition) is 2. The van der Waals surface area contributed by atoms with Gasteiger partial charge in [0.2, 0.25) is 0 Å². The summed E-state index contributed by atoms with van der Waals surface area (Å²) < 4.78 is 0. The van der Waals surface area contributed by atoms with Crippen LogP contribution in [0, 0.1) is 18.3 Å². The van der Waals surface area contributed by atoms with E-state index in [1.165, 1.54) is 0 Å². The van der Waals surface area contributed by atoms with Crippen molar-refractivity contribution in [1.29, 1.82) is 5.26 Å². The molecular weight excluding hydrogens is 262 g/mol. The summed E-state index contributed by atoms with van der Waals surface area (Å²) in [5.41, 5.74) is 4.07. The number of hydrogen-bond donors (Lipinski definition) is 2. The van der Waals surface area contributed by atoms with Crippen molar-refractivity contribution in [3.63, 3.8) is 0 Å². The summed E-state index contributed by atoms with van der Waals surface area (Å²) in [5, 5.41) is 14.5. The van der Waals surface area contributed by atoms with Crippen molar-refractivity contribution in [1.82, 2.24) is 0 Å². The monoisotopic (exact) mass is 279 g/mol. The van der Waals surface area contributed by atoms with Gasteiger partial charge in [-0.05, 0) is 42.7 Å². The molecular formula is C17H17N3O. The Balaban J connectivity index is 2.14. The van der Waals surface area contributed by atoms with Crippen LogP contribution >= 0.6 is 0 Å². The highest BCUT2D eigenvalue weighted by Gasteiger charge is 2.08. The van der Waals surface area contributed by atoms with Crippen molar-refractivity contribution in [2.45, 2.75) is 20.3 Å². The molecule has 2 amide bonds. The molecule has 0 saturated carbocycles. The number of carbonyl (C=O) groups excluding carboxylic acids is 1. The molecule has 2 aromatic carbocycles. The fourth-order valence-electron chi connectivity index (χ4n) is 2.14. The molecule has 0 atom stereocenters. The molecule has 106 valence electrons. The Kier molecular flexibility index (Phi) is 4.57. The van der Waals surface area contributed by atoms with Gasteiger partial charge < -0.3 is 10.6 Å². The highest BCUT2D eigenvalue weighted by atomic mass is 16.2. The lowest BCUT2D eigenvalue weighted by Crippen LogP contribution is -2.20. The molecule has 2 rings (SSSR count). The molecule has 0 aliphatic heterocycles. The molecule has 0 aliphatic carbocycles. The third-order valence-corrected chi connectivity index (χ3v) is 3.23. The highest BCUT2D eigenvalue weighted by molar-refractivity contribution is 6.00. The number of nitriles is 1. The van der Waals surface area contributed by atoms with Crippen LogP contribution in [0.15, 0.2) is 42.5 Å². The van der Waals surface area contributed by atoms with Gasteiger partial charge in [-0.15, -0.1) is 0 Å². The van der Waals surface area contributed by atoms with Crippen LogP contribution in [0.1, 0.15) is 23.6 Å². The molecule has 2 aromatic rings. The normalized spacial score (nSPS) is 9.76. The van der Waals surface area contributed by atoms with Crippen LogP contribution in [0.5, 0.6) is 0 Å². The fraction of sp³-hybridized carbons (Fsp3) is 0.176. The molecule has 0 heterocycles. The van der Waals surface area contributed by atoms with E-state index in [4.69, 9.17) is 5.26 Å². The lowest BCUT2D eigenvalue weighted by Gasteiger charge is -2.13. The number of anilines is 2. The van der Waals surface area contributed by atoms with Gasteiger partial charge in [0, 0.05) is 11.4 Å². The quantitative estimate of drug-likeness (QED) is 0.889. The van der Waals surface area contributed by atoms with Gasteiger partial charge in [0.15, 0.2) is 0 Å². The minimum Gasteiger partial charge on any atom is -0.308 e. The maximum Gasteiger partial charge on any atom is 0.323 e. The summed E-state index contributed by atoms with van der Waals surface area (Å²) in [5.74, 6) is 0. The molecule has 21 heavy (non-hydrogen) atoms. The minimum atomic E-state index is -0.311. The second-order valence-electron chi connectivity index (χ2n) is 4.73. The molecule has 0 fully saturated rings. The van der Waals surface area contributed by atoms with E-state index >= 15 is 0 Å². The molecule has 0 radical (unpaired) electrons. The number of benzene rings is 2. The summed E-state index contributed by atoms with van der Waals surface area (Å²) >= 11 is 0. The number of aryl methyl sites for hydroxylation is 2. The molecule has 4 nitrogen and oxygen atoms in total. The third kappa shape index (κ3) is 3.61. The Morgan fingerprint density at radius 1 is 1.19 bits per heavy atom. The van der Waals surface area contributed by atoms with Gasteiger partial charge in [-0.1, -0.05) is 31.2 Å². The second-order valence-corrected chi connectivity index (χ2v) is 4.73. The molecule has 0 aromatic heterocycles. The highest BCUT2D eigenvalue weighted by Crippen LogP contribution is 2.21. The average Bonchev–Trinajstić information content (AvgIpc) is 2.49. The summed E-state index contributed by atoms with van der Waals surface area (Å²) in [4.78, 5) is 12.1. The van der Waals surface area contributed by atoms with Crippen LogP contribution in [0.4, 0.5) is 16.2 Å². The number of rotatable bonds is 3. The summed E-state index contributed by atoms with van der Waals surface area (Å²) in [7, 11) is 0. The van der Waals surface area contributed by atoms with Gasteiger partial charge in [0.05, 0.1) is 11.6 Å². The van der Waals surface area contributed by atoms with Crippen molar-refractivity contribution in [2.24, 2.45) is 0 Å². The molecule has 0 unspecified atom stereocenters. The van der Waals surface area contributed by atoms with Crippen molar-refractivity contribution in [3.05, 3.63) is 59.2 Å². The SMILES string of the molecule is CCc1cccc(C)c1NC(=O)Nc1cccc(C#N)c1. The number of carbonyl (C=O) groups is 1. The van der Waals surface area contributed by atoms with E-state index < -0.39 is 0 Å². The average molecular weight is 279 g/mol. The fourth-order valence-corrected chi connectivity index (χ4v) is 2.14. The molecule has 0 aliphatic rings. The number of para-hydroxylation sites is 1. The lowest BCUT2D eigenvalue weighted by atomic mass is 10.1. The van der Waals surface area contributed by atoms with E-state index in [1.807, 2.05) is 38.1 Å². The van der Waals surface area contributed by atoms with Crippen LogP contribution in [0.25, 0.3) is 0 Å². The largest absolute Gasteiger partial charge is 0.323 e. The summed E-state index contributed by atoms with van der Waals surface area (Å²) in [6.07, 6.45) is 0.848. The maximum absolute atomic E-state index is 12.1. The van der Waals surface area contributed by atoms with Crippen molar-refractivity contribution < 1.29 is 4.79 Å².